The molecule has 0 aliphatic carbocycles. The van der Waals surface area contributed by atoms with Gasteiger partial charge in [0, 0.05) is 19.3 Å². The molecule has 0 radical (unpaired) electrons. The molecule has 1 unspecified atom stereocenters. The quantitative estimate of drug-likeness (QED) is 0.0885. The lowest BCUT2D eigenvalue weighted by Gasteiger charge is -2.18. The maximum atomic E-state index is 12.1. The lowest BCUT2D eigenvalue weighted by atomic mass is 9.92. The molecule has 204 valence electrons. The van der Waals surface area contributed by atoms with E-state index in [0.29, 0.717) is 38.9 Å². The number of allylic oxidation sites excluding steroid dienone is 1. The summed E-state index contributed by atoms with van der Waals surface area (Å²) in [6, 6.07) is 0. The van der Waals surface area contributed by atoms with E-state index in [2.05, 4.69) is 20.4 Å². The molecule has 0 aliphatic heterocycles. The number of carbonyl (C=O) groups excluding carboxylic acids is 1. The number of esters is 1. The number of aliphatic carboxylic acids is 1. The third-order valence-corrected chi connectivity index (χ3v) is 5.59. The molecule has 1 atom stereocenters. The van der Waals surface area contributed by atoms with Gasteiger partial charge >= 0.3 is 11.9 Å². The van der Waals surface area contributed by atoms with Crippen LogP contribution in [0.4, 0.5) is 0 Å². The summed E-state index contributed by atoms with van der Waals surface area (Å²) < 4.78 is 11.2. The molecule has 5 heteroatoms. The largest absolute Gasteiger partial charge is 0.499 e. The highest BCUT2D eigenvalue weighted by Gasteiger charge is 2.15. The van der Waals surface area contributed by atoms with E-state index in [-0.39, 0.29) is 25.7 Å². The third-order valence-electron chi connectivity index (χ3n) is 5.59. The van der Waals surface area contributed by atoms with Crippen molar-refractivity contribution in [3.05, 3.63) is 12.3 Å². The van der Waals surface area contributed by atoms with Gasteiger partial charge in [0.25, 0.3) is 0 Å². The van der Waals surface area contributed by atoms with Crippen molar-refractivity contribution < 1.29 is 24.2 Å². The molecule has 0 spiro atoms. The first-order valence-corrected chi connectivity index (χ1v) is 13.7. The molecule has 0 bridgehead atoms. The van der Waals surface area contributed by atoms with Crippen molar-refractivity contribution in [2.75, 3.05) is 13.2 Å². The Bertz CT molecular complexity index is 461. The van der Waals surface area contributed by atoms with E-state index in [1.807, 2.05) is 13.8 Å². The van der Waals surface area contributed by atoms with Crippen LogP contribution in [0.15, 0.2) is 12.3 Å². The van der Waals surface area contributed by atoms with Crippen LogP contribution in [0.5, 0.6) is 0 Å². The Kier molecular flexibility index (Phi) is 32.1. The van der Waals surface area contributed by atoms with Crippen LogP contribution in [0, 0.1) is 5.92 Å². The highest BCUT2D eigenvalue weighted by molar-refractivity contribution is 5.69. The van der Waals surface area contributed by atoms with Crippen molar-refractivity contribution in [2.24, 2.45) is 5.92 Å². The molecule has 0 rings (SSSR count). The minimum Gasteiger partial charge on any atom is -0.499 e. The first-order valence-electron chi connectivity index (χ1n) is 13.7. The average molecular weight is 487 g/mol. The van der Waals surface area contributed by atoms with Crippen molar-refractivity contribution in [3.8, 4) is 0 Å². The number of rotatable bonds is 23. The van der Waals surface area contributed by atoms with Crippen LogP contribution in [-0.4, -0.2) is 30.3 Å². The van der Waals surface area contributed by atoms with E-state index in [1.165, 1.54) is 51.4 Å². The maximum Gasteiger partial charge on any atom is 0.305 e. The number of hydrogen-bond acceptors (Lipinski definition) is 4. The van der Waals surface area contributed by atoms with E-state index in [4.69, 9.17) is 14.6 Å². The van der Waals surface area contributed by atoms with Crippen molar-refractivity contribution in [1.82, 2.24) is 0 Å². The zero-order valence-electron chi connectivity index (χ0n) is 22.3. The van der Waals surface area contributed by atoms with Gasteiger partial charge in [-0.15, -0.1) is 0 Å². The zero-order valence-corrected chi connectivity index (χ0v) is 22.3. The minimum atomic E-state index is -0.778. The van der Waals surface area contributed by atoms with Gasteiger partial charge < -0.3 is 14.6 Å². The summed E-state index contributed by atoms with van der Waals surface area (Å²) in [5.41, 5.74) is 0. The van der Waals surface area contributed by atoms with Gasteiger partial charge in [-0.25, -0.2) is 0 Å². The summed E-state index contributed by atoms with van der Waals surface area (Å²) in [6.45, 7) is 13.6. The number of ether oxygens (including phenoxy) is 2. The topological polar surface area (TPSA) is 72.8 Å². The van der Waals surface area contributed by atoms with Crippen molar-refractivity contribution in [1.29, 1.82) is 0 Å². The van der Waals surface area contributed by atoms with Crippen LogP contribution < -0.4 is 0 Å². The van der Waals surface area contributed by atoms with Crippen molar-refractivity contribution in [2.45, 2.75) is 144 Å². The molecule has 0 aliphatic rings. The number of carbonyl (C=O) groups is 2. The number of unbranched alkanes of at least 4 members (excludes halogenated alkanes) is 9. The molecule has 0 fully saturated rings. The van der Waals surface area contributed by atoms with Crippen LogP contribution in [0.3, 0.4) is 0 Å². The van der Waals surface area contributed by atoms with E-state index >= 15 is 0 Å². The Morgan fingerprint density at radius 3 is 1.76 bits per heavy atom. The molecule has 1 N–H and O–H groups in total. The van der Waals surface area contributed by atoms with E-state index in [1.54, 1.807) is 0 Å². The number of carboxylic acid groups (broad SMARTS) is 1. The van der Waals surface area contributed by atoms with Crippen LogP contribution in [0.2, 0.25) is 0 Å². The molecule has 0 aromatic heterocycles. The summed E-state index contributed by atoms with van der Waals surface area (Å²) in [6.07, 6.45) is 16.2. The summed E-state index contributed by atoms with van der Waals surface area (Å²) in [5.74, 6) is 0.0169. The summed E-state index contributed by atoms with van der Waals surface area (Å²) in [5, 5.41) is 8.90. The number of carboxylic acids is 1. The summed E-state index contributed by atoms with van der Waals surface area (Å²) >= 11 is 0. The molecule has 34 heavy (non-hydrogen) atoms. The standard InChI is InChI=1S/C26H48O5.C2H6.CH4/c1-4-6-8-10-12-14-21-31-26(29)19-18-24(16-15-17-25(27)28)22-23(3)30-20-13-11-9-7-5-2;1-2;/h24H,3-22H2,1-2H3,(H,27,28);1-2H3;1H4. The summed E-state index contributed by atoms with van der Waals surface area (Å²) in [4.78, 5) is 22.9. The normalized spacial score (nSPS) is 10.9. The Morgan fingerprint density at radius 2 is 1.24 bits per heavy atom. The lowest BCUT2D eigenvalue weighted by molar-refractivity contribution is -0.144. The van der Waals surface area contributed by atoms with Gasteiger partial charge in [-0.05, 0) is 38.0 Å². The molecule has 5 nitrogen and oxygen atoms in total. The second-order valence-corrected chi connectivity index (χ2v) is 8.68. The minimum absolute atomic E-state index is 0. The molecule has 0 heterocycles. The van der Waals surface area contributed by atoms with E-state index in [9.17, 15) is 9.59 Å². The Morgan fingerprint density at radius 1 is 0.735 bits per heavy atom. The average Bonchev–Trinajstić information content (AvgIpc) is 2.80. The Labute approximate surface area is 212 Å². The van der Waals surface area contributed by atoms with Crippen LogP contribution in [0.1, 0.15) is 144 Å². The first kappa shape index (κ1) is 37.0. The van der Waals surface area contributed by atoms with Gasteiger partial charge in [-0.1, -0.05) is 99.5 Å². The lowest BCUT2D eigenvalue weighted by Crippen LogP contribution is -2.11. The summed E-state index contributed by atoms with van der Waals surface area (Å²) in [7, 11) is 0. The van der Waals surface area contributed by atoms with Crippen molar-refractivity contribution in [3.63, 3.8) is 0 Å². The maximum absolute atomic E-state index is 12.1. The van der Waals surface area contributed by atoms with Gasteiger partial charge in [0.1, 0.15) is 0 Å². The van der Waals surface area contributed by atoms with Crippen LogP contribution in [-0.2, 0) is 19.1 Å². The molecule has 0 aromatic carbocycles. The van der Waals surface area contributed by atoms with Gasteiger partial charge in [0.2, 0.25) is 0 Å². The predicted octanol–water partition coefficient (Wildman–Crippen LogP) is 9.09. The van der Waals surface area contributed by atoms with E-state index < -0.39 is 5.97 Å². The predicted molar refractivity (Wildman–Crippen MR) is 145 cm³/mol. The van der Waals surface area contributed by atoms with Crippen molar-refractivity contribution >= 4 is 11.9 Å². The second-order valence-electron chi connectivity index (χ2n) is 8.68. The fourth-order valence-corrected chi connectivity index (χ4v) is 3.66. The van der Waals surface area contributed by atoms with Crippen LogP contribution >= 0.6 is 0 Å². The smallest absolute Gasteiger partial charge is 0.305 e. The SMILES string of the molecule is C.C=C(CC(CCCC(=O)O)CCC(=O)OCCCCCCCC)OCCCCCCC.CC. The van der Waals surface area contributed by atoms with Gasteiger partial charge in [-0.3, -0.25) is 9.59 Å². The molecule has 0 saturated heterocycles. The highest BCUT2D eigenvalue weighted by atomic mass is 16.5. The van der Waals surface area contributed by atoms with Crippen LogP contribution in [0.25, 0.3) is 0 Å². The highest BCUT2D eigenvalue weighted by Crippen LogP contribution is 2.23. The second kappa shape index (κ2) is 29.5. The molecule has 0 saturated carbocycles. The van der Waals surface area contributed by atoms with Gasteiger partial charge in [0.15, 0.2) is 0 Å². The zero-order chi connectivity index (χ0) is 25.2. The Hall–Kier alpha value is -1.52. The molecular formula is C29H58O5. The number of hydrogen-bond donors (Lipinski definition) is 1. The third kappa shape index (κ3) is 28.5. The first-order chi connectivity index (χ1) is 16.0. The van der Waals surface area contributed by atoms with Gasteiger partial charge in [0.05, 0.1) is 19.0 Å². The fourth-order valence-electron chi connectivity index (χ4n) is 3.66. The van der Waals surface area contributed by atoms with E-state index in [0.717, 1.165) is 31.4 Å². The fraction of sp³-hybridized carbons (Fsp3) is 0.862. The molecule has 0 aromatic rings. The molecular weight excluding hydrogens is 428 g/mol. The monoisotopic (exact) mass is 486 g/mol. The Balaban J connectivity index is -0.00000311. The molecule has 0 amide bonds. The van der Waals surface area contributed by atoms with Gasteiger partial charge in [-0.2, -0.15) is 0 Å².